The van der Waals surface area contributed by atoms with E-state index in [1.54, 1.807) is 26.0 Å². The second-order valence-corrected chi connectivity index (χ2v) is 12.2. The van der Waals surface area contributed by atoms with Crippen LogP contribution in [0.3, 0.4) is 0 Å². The van der Waals surface area contributed by atoms with Gasteiger partial charge in [-0.05, 0) is 118 Å². The molecule has 0 bridgehead atoms. The van der Waals surface area contributed by atoms with Crippen LogP contribution in [0.25, 0.3) is 22.1 Å². The van der Waals surface area contributed by atoms with Crippen LogP contribution in [0.15, 0.2) is 84.9 Å². The van der Waals surface area contributed by atoms with Crippen LogP contribution in [0.4, 0.5) is 0 Å². The number of aromatic hydroxyl groups is 4. The maximum Gasteiger partial charge on any atom is 0.122 e. The van der Waals surface area contributed by atoms with Gasteiger partial charge in [-0.2, -0.15) is 0 Å². The molecule has 0 atom stereocenters. The van der Waals surface area contributed by atoms with Crippen molar-refractivity contribution in [3.8, 4) is 23.0 Å². The van der Waals surface area contributed by atoms with E-state index in [1.165, 1.54) is 24.3 Å². The summed E-state index contributed by atoms with van der Waals surface area (Å²) in [7, 11) is 0. The highest BCUT2D eigenvalue weighted by molar-refractivity contribution is 5.85. The molecule has 4 aromatic carbocycles. The third kappa shape index (κ3) is 11.4. The monoisotopic (exact) mass is 700 g/mol. The van der Waals surface area contributed by atoms with E-state index in [0.717, 1.165) is 67.6 Å². The Balaban J connectivity index is 0.000000178. The van der Waals surface area contributed by atoms with Crippen molar-refractivity contribution in [1.82, 2.24) is 29.9 Å². The second kappa shape index (κ2) is 18.7. The zero-order valence-electron chi connectivity index (χ0n) is 31.6. The molecule has 0 aliphatic carbocycles. The molecule has 0 fully saturated rings. The van der Waals surface area contributed by atoms with Gasteiger partial charge in [-0.1, -0.05) is 36.4 Å². The van der Waals surface area contributed by atoms with Crippen molar-refractivity contribution in [1.29, 1.82) is 0 Å². The zero-order valence-corrected chi connectivity index (χ0v) is 31.6. The zero-order chi connectivity index (χ0) is 38.5. The van der Waals surface area contributed by atoms with E-state index in [2.05, 4.69) is 29.9 Å². The molecule has 52 heavy (non-hydrogen) atoms. The number of phenols is 4. The van der Waals surface area contributed by atoms with Crippen molar-refractivity contribution in [3.63, 3.8) is 0 Å². The van der Waals surface area contributed by atoms with Crippen LogP contribution in [0.2, 0.25) is 0 Å². The Morgan fingerprint density at radius 1 is 0.269 bits per heavy atom. The molecule has 0 aliphatic heterocycles. The molecular formula is C42H48N6O4. The number of fused-ring (bicyclic) bond motifs is 2. The standard InChI is InChI=1S/C12H8N2.2C8H12N2.2C7H8O2/c1-2-6-10-9(5-1)13-11-7-3-4-8-12(11)14-10;2*1-5-6(2)10-8(4)7(3)9-5;2*1-5-6(8)3-2-4-7(5)9/h1-8H;2*1-4H3;2*2-4,8-9H,1H3. The molecule has 10 heteroatoms. The van der Waals surface area contributed by atoms with Crippen LogP contribution < -0.4 is 0 Å². The molecule has 3 heterocycles. The number of rotatable bonds is 0. The average Bonchev–Trinajstić information content (AvgIpc) is 3.11. The molecule has 0 radical (unpaired) electrons. The lowest BCUT2D eigenvalue weighted by Crippen LogP contribution is -1.97. The summed E-state index contributed by atoms with van der Waals surface area (Å²) in [5, 5.41) is 35.8. The lowest BCUT2D eigenvalue weighted by molar-refractivity contribution is 0.442. The smallest absolute Gasteiger partial charge is 0.122 e. The molecule has 270 valence electrons. The molecule has 4 N–H and O–H groups in total. The van der Waals surface area contributed by atoms with Gasteiger partial charge < -0.3 is 20.4 Å². The minimum Gasteiger partial charge on any atom is -0.508 e. The van der Waals surface area contributed by atoms with Gasteiger partial charge in [-0.15, -0.1) is 0 Å². The molecule has 0 spiro atoms. The Hall–Kier alpha value is -6.16. The van der Waals surface area contributed by atoms with Crippen LogP contribution >= 0.6 is 0 Å². The summed E-state index contributed by atoms with van der Waals surface area (Å²) in [5.74, 6) is 0.537. The molecule has 0 saturated carbocycles. The fraction of sp³-hybridized carbons (Fsp3) is 0.238. The van der Waals surface area contributed by atoms with Crippen LogP contribution in [-0.2, 0) is 0 Å². The summed E-state index contributed by atoms with van der Waals surface area (Å²) >= 11 is 0. The summed E-state index contributed by atoms with van der Waals surface area (Å²) in [4.78, 5) is 26.3. The van der Waals surface area contributed by atoms with E-state index in [9.17, 15) is 0 Å². The summed E-state index contributed by atoms with van der Waals surface area (Å²) in [5.41, 5.74) is 13.1. The van der Waals surface area contributed by atoms with Crippen molar-refractivity contribution in [2.75, 3.05) is 0 Å². The van der Waals surface area contributed by atoms with Gasteiger partial charge in [-0.25, -0.2) is 9.97 Å². The van der Waals surface area contributed by atoms with E-state index < -0.39 is 0 Å². The largest absolute Gasteiger partial charge is 0.508 e. The highest BCUT2D eigenvalue weighted by atomic mass is 16.3. The Morgan fingerprint density at radius 3 is 0.635 bits per heavy atom. The van der Waals surface area contributed by atoms with Gasteiger partial charge in [0.05, 0.1) is 67.6 Å². The molecule has 0 unspecified atom stereocenters. The summed E-state index contributed by atoms with van der Waals surface area (Å²) in [6, 6.07) is 25.2. The number of hydrogen-bond donors (Lipinski definition) is 4. The number of aromatic nitrogens is 6. The number of aryl methyl sites for hydroxylation is 8. The van der Waals surface area contributed by atoms with E-state index in [0.29, 0.717) is 11.1 Å². The molecule has 3 aromatic heterocycles. The van der Waals surface area contributed by atoms with Crippen LogP contribution in [0.1, 0.15) is 56.7 Å². The summed E-state index contributed by atoms with van der Waals surface area (Å²) < 4.78 is 0. The van der Waals surface area contributed by atoms with Crippen LogP contribution in [0, 0.1) is 69.2 Å². The van der Waals surface area contributed by atoms with E-state index in [-0.39, 0.29) is 23.0 Å². The number of phenolic OH excluding ortho intramolecular Hbond substituents is 4. The van der Waals surface area contributed by atoms with Gasteiger partial charge >= 0.3 is 0 Å². The van der Waals surface area contributed by atoms with E-state index >= 15 is 0 Å². The van der Waals surface area contributed by atoms with Gasteiger partial charge in [-0.3, -0.25) is 19.9 Å². The second-order valence-electron chi connectivity index (χ2n) is 12.2. The first-order chi connectivity index (χ1) is 24.6. The SMILES string of the molecule is Cc1c(O)cccc1O.Cc1c(O)cccc1O.Cc1nc(C)c(C)nc1C.Cc1nc(C)c(C)nc1C.c1ccc2nc3ccccc3nc2c1. The first kappa shape index (κ1) is 40.3. The molecule has 0 aliphatic rings. The quantitative estimate of drug-likeness (QED) is 0.113. The third-order valence-corrected chi connectivity index (χ3v) is 8.23. The van der Waals surface area contributed by atoms with Gasteiger partial charge in [0, 0.05) is 11.1 Å². The number of para-hydroxylation sites is 4. The van der Waals surface area contributed by atoms with Crippen molar-refractivity contribution in [3.05, 3.63) is 142 Å². The molecule has 7 rings (SSSR count). The van der Waals surface area contributed by atoms with Crippen molar-refractivity contribution in [2.45, 2.75) is 69.2 Å². The summed E-state index contributed by atoms with van der Waals surface area (Å²) in [6.07, 6.45) is 0. The molecule has 0 amide bonds. The van der Waals surface area contributed by atoms with Crippen molar-refractivity contribution < 1.29 is 20.4 Å². The lowest BCUT2D eigenvalue weighted by Gasteiger charge is -2.01. The van der Waals surface area contributed by atoms with Gasteiger partial charge in [0.25, 0.3) is 0 Å². The normalized spacial score (nSPS) is 10.0. The fourth-order valence-electron chi connectivity index (χ4n) is 4.44. The highest BCUT2D eigenvalue weighted by Crippen LogP contribution is 2.24. The van der Waals surface area contributed by atoms with Gasteiger partial charge in [0.15, 0.2) is 0 Å². The predicted octanol–water partition coefficient (Wildman–Crippen LogP) is 9.02. The first-order valence-electron chi connectivity index (χ1n) is 16.7. The van der Waals surface area contributed by atoms with Gasteiger partial charge in [0.1, 0.15) is 23.0 Å². The van der Waals surface area contributed by atoms with Crippen LogP contribution in [-0.4, -0.2) is 50.3 Å². The number of benzene rings is 4. The summed E-state index contributed by atoms with van der Waals surface area (Å²) in [6.45, 7) is 19.2. The van der Waals surface area contributed by atoms with E-state index in [4.69, 9.17) is 20.4 Å². The minimum absolute atomic E-state index is 0.134. The molecule has 10 nitrogen and oxygen atoms in total. The Labute approximate surface area is 305 Å². The van der Waals surface area contributed by atoms with Crippen LogP contribution in [0.5, 0.6) is 23.0 Å². The highest BCUT2D eigenvalue weighted by Gasteiger charge is 2.01. The first-order valence-corrected chi connectivity index (χ1v) is 16.7. The Morgan fingerprint density at radius 2 is 0.462 bits per heavy atom. The van der Waals surface area contributed by atoms with E-state index in [1.807, 2.05) is 104 Å². The average molecular weight is 701 g/mol. The Bertz CT molecular complexity index is 1920. The number of nitrogens with zero attached hydrogens (tertiary/aromatic N) is 6. The van der Waals surface area contributed by atoms with Gasteiger partial charge in [0.2, 0.25) is 0 Å². The minimum atomic E-state index is 0.134. The maximum absolute atomic E-state index is 8.94. The van der Waals surface area contributed by atoms with Crippen molar-refractivity contribution in [2.24, 2.45) is 0 Å². The molecule has 7 aromatic rings. The fourth-order valence-corrected chi connectivity index (χ4v) is 4.44. The molecular weight excluding hydrogens is 652 g/mol. The van der Waals surface area contributed by atoms with Crippen molar-refractivity contribution >= 4 is 22.1 Å². The number of hydrogen-bond acceptors (Lipinski definition) is 10. The topological polar surface area (TPSA) is 158 Å². The lowest BCUT2D eigenvalue weighted by atomic mass is 10.2. The Kier molecular flexibility index (Phi) is 14.5. The maximum atomic E-state index is 8.94. The third-order valence-electron chi connectivity index (χ3n) is 8.23. The predicted molar refractivity (Wildman–Crippen MR) is 208 cm³/mol. The molecule has 0 saturated heterocycles.